The van der Waals surface area contributed by atoms with E-state index in [2.05, 4.69) is 59.5 Å². The van der Waals surface area contributed by atoms with Crippen LogP contribution >= 0.6 is 0 Å². The third-order valence-corrected chi connectivity index (χ3v) is 3.66. The van der Waals surface area contributed by atoms with Crippen LogP contribution in [0.15, 0.2) is 36.7 Å². The lowest BCUT2D eigenvalue weighted by molar-refractivity contribution is 1.33. The van der Waals surface area contributed by atoms with E-state index in [1.165, 1.54) is 26.2 Å². The maximum Gasteiger partial charge on any atom is 0.318 e. The molecular formula is C11H6Al2N2. The minimum absolute atomic E-state index is 1.19. The van der Waals surface area contributed by atoms with Crippen molar-refractivity contribution in [1.82, 2.24) is 8.53 Å². The number of benzene rings is 1. The van der Waals surface area contributed by atoms with E-state index in [4.69, 9.17) is 0 Å². The van der Waals surface area contributed by atoms with Gasteiger partial charge in [0.05, 0.1) is 0 Å². The molecule has 0 spiro atoms. The van der Waals surface area contributed by atoms with E-state index in [-0.39, 0.29) is 0 Å². The number of fused-ring (bicyclic) bond motifs is 3. The van der Waals surface area contributed by atoms with Gasteiger partial charge in [0.1, 0.15) is 0 Å². The molecule has 2 aromatic heterocycles. The molecule has 0 saturated heterocycles. The van der Waals surface area contributed by atoms with Crippen LogP contribution in [0, 0.1) is 0 Å². The molecule has 0 amide bonds. The number of nitrogens with zero attached hydrogens (tertiary/aromatic N) is 2. The number of rotatable bonds is 0. The minimum atomic E-state index is 1.19. The van der Waals surface area contributed by atoms with E-state index >= 15 is 0 Å². The second kappa shape index (κ2) is 3.37. The fourth-order valence-electron chi connectivity index (χ4n) is 1.97. The van der Waals surface area contributed by atoms with Gasteiger partial charge in [-0.1, -0.05) is 18.2 Å². The molecule has 0 aliphatic rings. The van der Waals surface area contributed by atoms with Gasteiger partial charge in [0, 0.05) is 34.2 Å². The molecule has 1 aromatic carbocycles. The van der Waals surface area contributed by atoms with E-state index in [9.17, 15) is 0 Å². The predicted molar refractivity (Wildman–Crippen MR) is 63.8 cm³/mol. The monoisotopic (exact) mass is 220 g/mol. The van der Waals surface area contributed by atoms with Crippen molar-refractivity contribution in [3.8, 4) is 0 Å². The number of aromatic nitrogens is 2. The van der Waals surface area contributed by atoms with Gasteiger partial charge < -0.3 is 3.55 Å². The molecule has 0 atom stereocenters. The Morgan fingerprint density at radius 1 is 1.13 bits per heavy atom. The van der Waals surface area contributed by atoms with Crippen LogP contribution in [0.3, 0.4) is 0 Å². The van der Waals surface area contributed by atoms with Gasteiger partial charge >= 0.3 is 16.5 Å². The Bertz CT molecular complexity index is 658. The number of pyridine rings is 1. The Kier molecular flexibility index (Phi) is 2.13. The summed E-state index contributed by atoms with van der Waals surface area (Å²) in [7, 11) is 0. The summed E-state index contributed by atoms with van der Waals surface area (Å²) in [6.07, 6.45) is 3.74. The molecule has 4 heteroatoms. The Hall–Kier alpha value is -0.765. The zero-order valence-electron chi connectivity index (χ0n) is 8.01. The first-order valence-corrected chi connectivity index (χ1v) is 5.76. The minimum Gasteiger partial charge on any atom is -0.452 e. The third-order valence-electron chi connectivity index (χ3n) is 2.66. The summed E-state index contributed by atoms with van der Waals surface area (Å²) in [4.78, 5) is 4.18. The van der Waals surface area contributed by atoms with Gasteiger partial charge in [-0.15, -0.1) is 4.43 Å². The van der Waals surface area contributed by atoms with Crippen LogP contribution in [0.1, 0.15) is 0 Å². The van der Waals surface area contributed by atoms with Crippen molar-refractivity contribution in [1.29, 1.82) is 0 Å². The second-order valence-corrected chi connectivity index (χ2v) is 4.64. The van der Waals surface area contributed by atoms with Crippen LogP contribution in [-0.4, -0.2) is 41.3 Å². The number of para-hydroxylation sites is 1. The average molecular weight is 220 g/mol. The van der Waals surface area contributed by atoms with E-state index in [1.807, 2.05) is 18.5 Å². The molecule has 2 heterocycles. The van der Waals surface area contributed by atoms with E-state index in [0.717, 1.165) is 0 Å². The van der Waals surface area contributed by atoms with Crippen molar-refractivity contribution < 1.29 is 0 Å². The van der Waals surface area contributed by atoms with Gasteiger partial charge in [-0.25, -0.2) is 0 Å². The molecule has 0 saturated carbocycles. The zero-order valence-corrected chi connectivity index (χ0v) is 10.3. The molecule has 15 heavy (non-hydrogen) atoms. The predicted octanol–water partition coefficient (Wildman–Crippen LogP) is 0.915. The van der Waals surface area contributed by atoms with Gasteiger partial charge in [-0.05, 0) is 6.07 Å². The quantitative estimate of drug-likeness (QED) is 0.515. The van der Waals surface area contributed by atoms with E-state index in [0.29, 0.717) is 0 Å². The Morgan fingerprint density at radius 2 is 2.00 bits per heavy atom. The zero-order chi connectivity index (χ0) is 10.4. The molecule has 2 nitrogen and oxygen atoms in total. The summed E-state index contributed by atoms with van der Waals surface area (Å²) < 4.78 is 3.34. The van der Waals surface area contributed by atoms with E-state index in [1.54, 1.807) is 0 Å². The highest BCUT2D eigenvalue weighted by Gasteiger charge is 2.06. The molecule has 0 fully saturated rings. The van der Waals surface area contributed by atoms with Crippen LogP contribution in [0.5, 0.6) is 0 Å². The van der Waals surface area contributed by atoms with Gasteiger partial charge in [-0.2, -0.15) is 0 Å². The highest BCUT2D eigenvalue weighted by atomic mass is 27.1. The molecule has 3 rings (SSSR count). The SMILES string of the molecule is [Al][c]1cccc2c3cnccc3[n]([Al])c12. The van der Waals surface area contributed by atoms with Crippen molar-refractivity contribution in [2.75, 3.05) is 0 Å². The Balaban J connectivity index is 2.69. The fraction of sp³-hybridized carbons (Fsp3) is 0. The molecule has 0 aliphatic heterocycles. The van der Waals surface area contributed by atoms with Crippen LogP contribution in [0.4, 0.5) is 0 Å². The summed E-state index contributed by atoms with van der Waals surface area (Å²) in [5.41, 5.74) is 2.43. The van der Waals surface area contributed by atoms with Gasteiger partial charge in [0.25, 0.3) is 0 Å². The molecule has 3 aromatic rings. The van der Waals surface area contributed by atoms with Crippen molar-refractivity contribution in [2.45, 2.75) is 0 Å². The maximum absolute atomic E-state index is 4.18. The number of hydrogen-bond donors (Lipinski definition) is 0. The van der Waals surface area contributed by atoms with Gasteiger partial charge in [0.15, 0.2) is 16.3 Å². The summed E-state index contributed by atoms with van der Waals surface area (Å²) in [5.74, 6) is 0. The van der Waals surface area contributed by atoms with Crippen molar-refractivity contribution >= 4 is 59.0 Å². The average Bonchev–Trinajstić information content (AvgIpc) is 2.55. The lowest BCUT2D eigenvalue weighted by Gasteiger charge is -2.03. The summed E-state index contributed by atoms with van der Waals surface area (Å²) in [5, 5.41) is 2.45. The largest absolute Gasteiger partial charge is 0.452 e. The Morgan fingerprint density at radius 3 is 2.87 bits per heavy atom. The highest BCUT2D eigenvalue weighted by Crippen LogP contribution is 2.24. The summed E-state index contributed by atoms with van der Waals surface area (Å²) in [6.45, 7) is 0. The molecule has 66 valence electrons. The first kappa shape index (κ1) is 9.46. The molecule has 0 unspecified atom stereocenters. The molecule has 0 bridgehead atoms. The normalized spacial score (nSPS) is 11.2. The van der Waals surface area contributed by atoms with Crippen molar-refractivity contribution in [3.63, 3.8) is 0 Å². The lowest BCUT2D eigenvalue weighted by atomic mass is 10.2. The smallest absolute Gasteiger partial charge is 0.318 e. The summed E-state index contributed by atoms with van der Waals surface area (Å²) in [6, 6.07) is 8.33. The molecule has 0 N–H and O–H groups in total. The molecular weight excluding hydrogens is 214 g/mol. The van der Waals surface area contributed by atoms with Crippen LogP contribution in [0.2, 0.25) is 0 Å². The molecule has 0 aliphatic carbocycles. The molecule has 4 radical (unpaired) electrons. The van der Waals surface area contributed by atoms with Gasteiger partial charge in [-0.3, -0.25) is 4.98 Å². The van der Waals surface area contributed by atoms with Crippen LogP contribution in [0.25, 0.3) is 21.8 Å². The van der Waals surface area contributed by atoms with E-state index < -0.39 is 0 Å². The maximum atomic E-state index is 4.18. The first-order chi connectivity index (χ1) is 7.29. The first-order valence-electron chi connectivity index (χ1n) is 4.67. The summed E-state index contributed by atoms with van der Waals surface area (Å²) >= 11 is 5.53. The standard InChI is InChI=1S/C11H6N2.2Al/c1-2-4-10-8(3-1)9-7-12-6-5-11(9)13-10;;/h1-3,5-7H;;/q-1;;+1. The topological polar surface area (TPSA) is 17.8 Å². The van der Waals surface area contributed by atoms with Gasteiger partial charge in [0.2, 0.25) is 0 Å². The fourth-order valence-corrected chi connectivity index (χ4v) is 3.04. The highest BCUT2D eigenvalue weighted by molar-refractivity contribution is 6.41. The lowest BCUT2D eigenvalue weighted by Crippen LogP contribution is -2.07. The van der Waals surface area contributed by atoms with Crippen LogP contribution in [-0.2, 0) is 0 Å². The second-order valence-electron chi connectivity index (χ2n) is 3.51. The van der Waals surface area contributed by atoms with Crippen molar-refractivity contribution in [2.24, 2.45) is 0 Å². The van der Waals surface area contributed by atoms with Crippen molar-refractivity contribution in [3.05, 3.63) is 36.7 Å². The third kappa shape index (κ3) is 1.27. The number of hydrogen-bond acceptors (Lipinski definition) is 1. The Labute approximate surface area is 104 Å². The van der Waals surface area contributed by atoms with Crippen LogP contribution < -0.4 is 4.43 Å².